The van der Waals surface area contributed by atoms with Crippen LogP contribution >= 0.6 is 0 Å². The zero-order valence-electron chi connectivity index (χ0n) is 10.3. The third kappa shape index (κ3) is 2.62. The topological polar surface area (TPSA) is 44.0 Å². The first kappa shape index (κ1) is 13.2. The van der Waals surface area contributed by atoms with Crippen molar-refractivity contribution in [2.75, 3.05) is 0 Å². The van der Waals surface area contributed by atoms with Crippen molar-refractivity contribution in [2.45, 2.75) is 20.0 Å². The predicted molar refractivity (Wildman–Crippen MR) is 66.1 cm³/mol. The molecule has 0 spiro atoms. The van der Waals surface area contributed by atoms with Gasteiger partial charge in [0.1, 0.15) is 11.6 Å². The molecule has 1 aromatic carbocycles. The Morgan fingerprint density at radius 2 is 1.89 bits per heavy atom. The smallest absolute Gasteiger partial charge is 0.301 e. The van der Waals surface area contributed by atoms with Crippen LogP contribution < -0.4 is 11.2 Å². The second-order valence-electron chi connectivity index (χ2n) is 4.04. The number of halogens is 2. The summed E-state index contributed by atoms with van der Waals surface area (Å²) in [6, 6.07) is 4.15. The van der Waals surface area contributed by atoms with Crippen LogP contribution in [0.4, 0.5) is 8.78 Å². The van der Waals surface area contributed by atoms with Crippen LogP contribution in [-0.2, 0) is 13.1 Å². The first-order valence-electron chi connectivity index (χ1n) is 5.77. The highest BCUT2D eigenvalue weighted by atomic mass is 19.1. The minimum absolute atomic E-state index is 0.0342. The van der Waals surface area contributed by atoms with E-state index in [2.05, 4.69) is 0 Å². The zero-order chi connectivity index (χ0) is 14.0. The molecule has 1 heterocycles. The molecule has 2 aromatic rings. The fourth-order valence-electron chi connectivity index (χ4n) is 1.78. The van der Waals surface area contributed by atoms with Gasteiger partial charge in [0.15, 0.2) is 0 Å². The molecule has 0 atom stereocenters. The second-order valence-corrected chi connectivity index (χ2v) is 4.04. The molecule has 0 saturated heterocycles. The number of benzene rings is 1. The third-order valence-electron chi connectivity index (χ3n) is 2.82. The van der Waals surface area contributed by atoms with Crippen LogP contribution in [-0.4, -0.2) is 9.13 Å². The molecule has 0 amide bonds. The lowest BCUT2D eigenvalue weighted by molar-refractivity contribution is 0.554. The van der Waals surface area contributed by atoms with E-state index in [1.807, 2.05) is 0 Å². The van der Waals surface area contributed by atoms with Gasteiger partial charge in [-0.2, -0.15) is 0 Å². The molecule has 0 unspecified atom stereocenters. The SMILES string of the molecule is CCn1ccc(=O)n(Cc2cc(F)ccc2F)c1=O. The Kier molecular flexibility index (Phi) is 3.59. The van der Waals surface area contributed by atoms with Crippen LogP contribution in [0, 0.1) is 11.6 Å². The van der Waals surface area contributed by atoms with E-state index in [0.717, 1.165) is 22.8 Å². The van der Waals surface area contributed by atoms with E-state index in [-0.39, 0.29) is 12.1 Å². The van der Waals surface area contributed by atoms with E-state index >= 15 is 0 Å². The van der Waals surface area contributed by atoms with E-state index < -0.39 is 22.9 Å². The average molecular weight is 266 g/mol. The maximum atomic E-state index is 13.5. The fourth-order valence-corrected chi connectivity index (χ4v) is 1.78. The van der Waals surface area contributed by atoms with Gasteiger partial charge in [0.05, 0.1) is 6.54 Å². The molecule has 0 aliphatic rings. The summed E-state index contributed by atoms with van der Waals surface area (Å²) in [5, 5.41) is 0. The number of hydrogen-bond donors (Lipinski definition) is 0. The monoisotopic (exact) mass is 266 g/mol. The minimum atomic E-state index is -0.653. The van der Waals surface area contributed by atoms with Crippen LogP contribution in [0.3, 0.4) is 0 Å². The van der Waals surface area contributed by atoms with Gasteiger partial charge >= 0.3 is 5.69 Å². The number of hydrogen-bond acceptors (Lipinski definition) is 2. The standard InChI is InChI=1S/C13H12F2N2O2/c1-2-16-6-5-12(18)17(13(16)19)8-9-7-10(14)3-4-11(9)15/h3-7H,2,8H2,1H3. The quantitative estimate of drug-likeness (QED) is 0.842. The largest absolute Gasteiger partial charge is 0.331 e. The van der Waals surface area contributed by atoms with Gasteiger partial charge < -0.3 is 4.57 Å². The van der Waals surface area contributed by atoms with Crippen LogP contribution in [0.25, 0.3) is 0 Å². The highest BCUT2D eigenvalue weighted by Gasteiger charge is 2.09. The van der Waals surface area contributed by atoms with E-state index in [1.165, 1.54) is 16.8 Å². The molecule has 0 aliphatic carbocycles. The number of aryl methyl sites for hydroxylation is 1. The van der Waals surface area contributed by atoms with Gasteiger partial charge in [-0.25, -0.2) is 13.6 Å². The maximum Gasteiger partial charge on any atom is 0.331 e. The molecule has 2 rings (SSSR count). The van der Waals surface area contributed by atoms with Crippen molar-refractivity contribution in [3.05, 3.63) is 68.5 Å². The van der Waals surface area contributed by atoms with Crippen molar-refractivity contribution in [3.63, 3.8) is 0 Å². The molecule has 100 valence electrons. The fraction of sp³-hybridized carbons (Fsp3) is 0.231. The summed E-state index contributed by atoms with van der Waals surface area (Å²) in [5.74, 6) is -1.27. The lowest BCUT2D eigenvalue weighted by atomic mass is 10.2. The van der Waals surface area contributed by atoms with Gasteiger partial charge in [0.2, 0.25) is 0 Å². The van der Waals surface area contributed by atoms with Gasteiger partial charge in [-0.15, -0.1) is 0 Å². The summed E-state index contributed by atoms with van der Waals surface area (Å²) < 4.78 is 28.8. The molecule has 0 aliphatic heterocycles. The lowest BCUT2D eigenvalue weighted by Crippen LogP contribution is -2.39. The average Bonchev–Trinajstić information content (AvgIpc) is 2.38. The number of nitrogens with zero attached hydrogens (tertiary/aromatic N) is 2. The van der Waals surface area contributed by atoms with Crippen molar-refractivity contribution >= 4 is 0 Å². The Morgan fingerprint density at radius 3 is 2.58 bits per heavy atom. The van der Waals surface area contributed by atoms with Crippen molar-refractivity contribution < 1.29 is 8.78 Å². The van der Waals surface area contributed by atoms with Crippen molar-refractivity contribution in [1.82, 2.24) is 9.13 Å². The summed E-state index contributed by atoms with van der Waals surface area (Å²) in [6.45, 7) is 1.85. The normalized spacial score (nSPS) is 10.7. The molecule has 1 aromatic heterocycles. The van der Waals surface area contributed by atoms with Crippen molar-refractivity contribution in [1.29, 1.82) is 0 Å². The van der Waals surface area contributed by atoms with Crippen molar-refractivity contribution in [3.8, 4) is 0 Å². The van der Waals surface area contributed by atoms with Crippen LogP contribution in [0.1, 0.15) is 12.5 Å². The first-order chi connectivity index (χ1) is 9.02. The van der Waals surface area contributed by atoms with Gasteiger partial charge in [0, 0.05) is 24.4 Å². The van der Waals surface area contributed by atoms with Crippen molar-refractivity contribution in [2.24, 2.45) is 0 Å². The molecule has 0 saturated carbocycles. The lowest BCUT2D eigenvalue weighted by Gasteiger charge is -2.09. The van der Waals surface area contributed by atoms with Crippen LogP contribution in [0.5, 0.6) is 0 Å². The Bertz CT molecular complexity index is 719. The van der Waals surface area contributed by atoms with Crippen LogP contribution in [0.15, 0.2) is 40.1 Å². The van der Waals surface area contributed by atoms with E-state index in [4.69, 9.17) is 0 Å². The highest BCUT2D eigenvalue weighted by molar-refractivity contribution is 5.19. The van der Waals surface area contributed by atoms with Gasteiger partial charge in [-0.3, -0.25) is 9.36 Å². The van der Waals surface area contributed by atoms with E-state index in [0.29, 0.717) is 6.54 Å². The Morgan fingerprint density at radius 1 is 1.16 bits per heavy atom. The molecule has 0 bridgehead atoms. The summed E-state index contributed by atoms with van der Waals surface area (Å²) >= 11 is 0. The molecule has 19 heavy (non-hydrogen) atoms. The molecule has 6 heteroatoms. The molecule has 0 radical (unpaired) electrons. The highest BCUT2D eigenvalue weighted by Crippen LogP contribution is 2.09. The predicted octanol–water partition coefficient (Wildman–Crippen LogP) is 1.36. The Labute approximate surface area is 107 Å². The summed E-state index contributed by atoms with van der Waals surface area (Å²) in [5.41, 5.74) is -1.12. The minimum Gasteiger partial charge on any atom is -0.301 e. The van der Waals surface area contributed by atoms with Gasteiger partial charge in [-0.05, 0) is 25.1 Å². The van der Waals surface area contributed by atoms with E-state index in [9.17, 15) is 18.4 Å². The zero-order valence-corrected chi connectivity index (χ0v) is 10.3. The third-order valence-corrected chi connectivity index (χ3v) is 2.82. The Hall–Kier alpha value is -2.24. The second kappa shape index (κ2) is 5.17. The molecule has 0 fully saturated rings. The molecular weight excluding hydrogens is 254 g/mol. The van der Waals surface area contributed by atoms with E-state index in [1.54, 1.807) is 6.92 Å². The molecule has 4 nitrogen and oxygen atoms in total. The van der Waals surface area contributed by atoms with Gasteiger partial charge in [0.25, 0.3) is 5.56 Å². The number of aromatic nitrogens is 2. The number of rotatable bonds is 3. The van der Waals surface area contributed by atoms with Crippen LogP contribution in [0.2, 0.25) is 0 Å². The molecular formula is C13H12F2N2O2. The summed E-state index contributed by atoms with van der Waals surface area (Å²) in [7, 11) is 0. The Balaban J connectivity index is 2.52. The first-order valence-corrected chi connectivity index (χ1v) is 5.77. The summed E-state index contributed by atoms with van der Waals surface area (Å²) in [6.07, 6.45) is 1.38. The molecule has 0 N–H and O–H groups in total. The maximum absolute atomic E-state index is 13.5. The summed E-state index contributed by atoms with van der Waals surface area (Å²) in [4.78, 5) is 23.6. The van der Waals surface area contributed by atoms with Gasteiger partial charge in [-0.1, -0.05) is 0 Å².